The molecule has 8 heteroatoms. The van der Waals surface area contributed by atoms with Crippen LogP contribution in [0.3, 0.4) is 0 Å². The van der Waals surface area contributed by atoms with Gasteiger partial charge in [-0.25, -0.2) is 4.68 Å². The van der Waals surface area contributed by atoms with Crippen molar-refractivity contribution in [1.29, 1.82) is 5.41 Å². The average molecular weight is 304 g/mol. The van der Waals surface area contributed by atoms with Crippen LogP contribution in [0.1, 0.15) is 30.0 Å². The standard InChI is InChI=1S/C13H16N6OS/c1-20-11-6-8(2-5-10(11)12(14)15)7-21-13-16-17-18-19(13)9-3-4-9/h2,5-6,9H,3-4,7H2,1H3,(H3,14,15). The minimum Gasteiger partial charge on any atom is -0.496 e. The topological polar surface area (TPSA) is 103 Å². The minimum absolute atomic E-state index is 0.00345. The number of hydrogen-bond donors (Lipinski definition) is 2. The Morgan fingerprint density at radius 1 is 1.52 bits per heavy atom. The van der Waals surface area contributed by atoms with Gasteiger partial charge in [0.15, 0.2) is 0 Å². The molecule has 1 saturated carbocycles. The molecule has 3 rings (SSSR count). The Balaban J connectivity index is 1.73. The molecule has 0 unspecified atom stereocenters. The first-order valence-electron chi connectivity index (χ1n) is 6.61. The summed E-state index contributed by atoms with van der Waals surface area (Å²) in [5.41, 5.74) is 7.20. The summed E-state index contributed by atoms with van der Waals surface area (Å²) in [5, 5.41) is 20.2. The Hall–Kier alpha value is -2.09. The van der Waals surface area contributed by atoms with Crippen molar-refractivity contribution in [1.82, 2.24) is 20.2 Å². The first-order chi connectivity index (χ1) is 10.2. The molecule has 1 heterocycles. The summed E-state index contributed by atoms with van der Waals surface area (Å²) in [5.74, 6) is 1.35. The molecule has 1 aromatic heterocycles. The van der Waals surface area contributed by atoms with Crippen LogP contribution in [-0.2, 0) is 5.75 Å². The first-order valence-corrected chi connectivity index (χ1v) is 7.59. The molecule has 0 bridgehead atoms. The lowest BCUT2D eigenvalue weighted by molar-refractivity contribution is 0.413. The maximum absolute atomic E-state index is 7.51. The van der Waals surface area contributed by atoms with Crippen molar-refractivity contribution in [3.8, 4) is 5.75 Å². The number of benzene rings is 1. The molecule has 1 aliphatic carbocycles. The van der Waals surface area contributed by atoms with Gasteiger partial charge in [-0.1, -0.05) is 17.8 Å². The number of nitrogens with two attached hydrogens (primary N) is 1. The molecule has 0 amide bonds. The highest BCUT2D eigenvalue weighted by molar-refractivity contribution is 7.98. The van der Waals surface area contributed by atoms with Crippen LogP contribution in [-0.4, -0.2) is 33.2 Å². The molecule has 0 saturated heterocycles. The monoisotopic (exact) mass is 304 g/mol. The van der Waals surface area contributed by atoms with Crippen LogP contribution in [0, 0.1) is 5.41 Å². The fraction of sp³-hybridized carbons (Fsp3) is 0.385. The second-order valence-corrected chi connectivity index (χ2v) is 5.82. The Kier molecular flexibility index (Phi) is 3.78. The number of ether oxygens (including phenoxy) is 1. The lowest BCUT2D eigenvalue weighted by Crippen LogP contribution is -2.12. The van der Waals surface area contributed by atoms with E-state index in [0.717, 1.165) is 29.3 Å². The minimum atomic E-state index is 0.00345. The molecule has 1 fully saturated rings. The van der Waals surface area contributed by atoms with E-state index in [0.29, 0.717) is 17.4 Å². The van der Waals surface area contributed by atoms with Gasteiger partial charge in [-0.15, -0.1) is 5.10 Å². The van der Waals surface area contributed by atoms with Gasteiger partial charge in [0, 0.05) is 5.75 Å². The molecule has 0 radical (unpaired) electrons. The van der Waals surface area contributed by atoms with Crippen LogP contribution < -0.4 is 10.5 Å². The van der Waals surface area contributed by atoms with Gasteiger partial charge in [0.25, 0.3) is 0 Å². The van der Waals surface area contributed by atoms with Crippen molar-refractivity contribution in [2.24, 2.45) is 5.73 Å². The molecule has 1 aromatic carbocycles. The maximum atomic E-state index is 7.51. The van der Waals surface area contributed by atoms with E-state index in [1.807, 2.05) is 16.8 Å². The second-order valence-electron chi connectivity index (χ2n) is 4.87. The van der Waals surface area contributed by atoms with E-state index in [1.54, 1.807) is 24.9 Å². The number of tetrazole rings is 1. The molecular weight excluding hydrogens is 288 g/mol. The maximum Gasteiger partial charge on any atom is 0.209 e. The van der Waals surface area contributed by atoms with Crippen molar-refractivity contribution in [2.75, 3.05) is 7.11 Å². The average Bonchev–Trinajstić information content (AvgIpc) is 3.23. The fourth-order valence-corrected chi connectivity index (χ4v) is 2.91. The van der Waals surface area contributed by atoms with Crippen LogP contribution >= 0.6 is 11.8 Å². The van der Waals surface area contributed by atoms with Crippen LogP contribution in [0.25, 0.3) is 0 Å². The summed E-state index contributed by atoms with van der Waals surface area (Å²) in [7, 11) is 1.58. The summed E-state index contributed by atoms with van der Waals surface area (Å²) in [6.07, 6.45) is 2.31. The molecule has 2 aromatic rings. The van der Waals surface area contributed by atoms with Gasteiger partial charge >= 0.3 is 0 Å². The third kappa shape index (κ3) is 2.99. The third-order valence-electron chi connectivity index (χ3n) is 3.28. The van der Waals surface area contributed by atoms with Crippen molar-refractivity contribution >= 4 is 17.6 Å². The van der Waals surface area contributed by atoms with Crippen LogP contribution in [0.4, 0.5) is 0 Å². The molecule has 0 atom stereocenters. The van der Waals surface area contributed by atoms with Gasteiger partial charge in [-0.05, 0) is 41.0 Å². The van der Waals surface area contributed by atoms with Crippen molar-refractivity contribution in [2.45, 2.75) is 29.8 Å². The van der Waals surface area contributed by atoms with Crippen LogP contribution in [0.5, 0.6) is 5.75 Å². The smallest absolute Gasteiger partial charge is 0.209 e. The van der Waals surface area contributed by atoms with Gasteiger partial charge in [0.1, 0.15) is 11.6 Å². The van der Waals surface area contributed by atoms with E-state index < -0.39 is 0 Å². The van der Waals surface area contributed by atoms with Gasteiger partial charge in [0.2, 0.25) is 5.16 Å². The third-order valence-corrected chi connectivity index (χ3v) is 4.28. The van der Waals surface area contributed by atoms with E-state index in [2.05, 4.69) is 15.5 Å². The Morgan fingerprint density at radius 2 is 2.33 bits per heavy atom. The summed E-state index contributed by atoms with van der Waals surface area (Å²) in [6, 6.07) is 6.12. The summed E-state index contributed by atoms with van der Waals surface area (Å²) >= 11 is 1.59. The fourth-order valence-electron chi connectivity index (χ4n) is 2.02. The Labute approximate surface area is 126 Å². The largest absolute Gasteiger partial charge is 0.496 e. The summed E-state index contributed by atoms with van der Waals surface area (Å²) in [4.78, 5) is 0. The van der Waals surface area contributed by atoms with E-state index in [-0.39, 0.29) is 5.84 Å². The molecule has 1 aliphatic rings. The molecular formula is C13H16N6OS. The molecule has 3 N–H and O–H groups in total. The van der Waals surface area contributed by atoms with E-state index in [4.69, 9.17) is 15.9 Å². The predicted molar refractivity (Wildman–Crippen MR) is 79.7 cm³/mol. The van der Waals surface area contributed by atoms with Gasteiger partial charge < -0.3 is 10.5 Å². The van der Waals surface area contributed by atoms with Crippen LogP contribution in [0.15, 0.2) is 23.4 Å². The first kappa shape index (κ1) is 13.9. The molecule has 110 valence electrons. The van der Waals surface area contributed by atoms with E-state index in [9.17, 15) is 0 Å². The Morgan fingerprint density at radius 3 is 3.00 bits per heavy atom. The van der Waals surface area contributed by atoms with Gasteiger partial charge in [0.05, 0.1) is 18.7 Å². The number of methoxy groups -OCH3 is 1. The van der Waals surface area contributed by atoms with Crippen molar-refractivity contribution < 1.29 is 4.74 Å². The summed E-state index contributed by atoms with van der Waals surface area (Å²) in [6.45, 7) is 0. The molecule has 21 heavy (non-hydrogen) atoms. The highest BCUT2D eigenvalue weighted by Gasteiger charge is 2.27. The number of nitrogens with one attached hydrogen (secondary N) is 1. The number of aromatic nitrogens is 4. The molecule has 7 nitrogen and oxygen atoms in total. The zero-order valence-electron chi connectivity index (χ0n) is 11.6. The quantitative estimate of drug-likeness (QED) is 0.477. The van der Waals surface area contributed by atoms with Gasteiger partial charge in [-0.3, -0.25) is 5.41 Å². The zero-order valence-corrected chi connectivity index (χ0v) is 12.4. The normalized spacial score (nSPS) is 14.1. The Bertz CT molecular complexity index is 666. The molecule has 0 aliphatic heterocycles. The second kappa shape index (κ2) is 5.72. The lowest BCUT2D eigenvalue weighted by atomic mass is 10.1. The number of nitrogens with zero attached hydrogens (tertiary/aromatic N) is 4. The summed E-state index contributed by atoms with van der Waals surface area (Å²) < 4.78 is 7.18. The zero-order chi connectivity index (χ0) is 14.8. The number of nitrogen functional groups attached to an aromatic ring is 1. The highest BCUT2D eigenvalue weighted by Crippen LogP contribution is 2.37. The number of hydrogen-bond acceptors (Lipinski definition) is 6. The highest BCUT2D eigenvalue weighted by atomic mass is 32.2. The van der Waals surface area contributed by atoms with Crippen molar-refractivity contribution in [3.63, 3.8) is 0 Å². The molecule has 0 spiro atoms. The van der Waals surface area contributed by atoms with Gasteiger partial charge in [-0.2, -0.15) is 0 Å². The van der Waals surface area contributed by atoms with Crippen molar-refractivity contribution in [3.05, 3.63) is 29.3 Å². The van der Waals surface area contributed by atoms with Crippen LogP contribution in [0.2, 0.25) is 0 Å². The SMILES string of the molecule is COc1cc(CSc2nnnn2C2CC2)ccc1C(=N)N. The van der Waals surface area contributed by atoms with E-state index in [1.165, 1.54) is 0 Å². The number of amidine groups is 1. The van der Waals surface area contributed by atoms with E-state index >= 15 is 0 Å². The number of rotatable bonds is 6. The lowest BCUT2D eigenvalue weighted by Gasteiger charge is -2.09. The number of thioether (sulfide) groups is 1. The predicted octanol–water partition coefficient (Wildman–Crippen LogP) is 1.59.